The van der Waals surface area contributed by atoms with Gasteiger partial charge < -0.3 is 11.5 Å². The van der Waals surface area contributed by atoms with Crippen LogP contribution in [0, 0.1) is 5.92 Å². The number of hydrogen-bond donors (Lipinski definition) is 2. The number of nitrogen functional groups attached to an aromatic ring is 2. The minimum atomic E-state index is 0.229. The molecule has 4 N–H and O–H groups in total. The molecule has 0 aliphatic rings. The number of aromatic nitrogens is 4. The van der Waals surface area contributed by atoms with Crippen LogP contribution in [-0.4, -0.2) is 20.2 Å². The molecule has 1 aromatic carbocycles. The normalized spacial score (nSPS) is 12.8. The third-order valence-electron chi connectivity index (χ3n) is 2.96. The van der Waals surface area contributed by atoms with Gasteiger partial charge in [-0.05, 0) is 47.9 Å². The summed E-state index contributed by atoms with van der Waals surface area (Å²) in [4.78, 5) is 0. The van der Waals surface area contributed by atoms with Crippen molar-refractivity contribution < 1.29 is 0 Å². The molecule has 1 heterocycles. The maximum absolute atomic E-state index is 5.81. The van der Waals surface area contributed by atoms with Crippen molar-refractivity contribution in [2.24, 2.45) is 5.92 Å². The van der Waals surface area contributed by atoms with E-state index in [0.29, 0.717) is 23.1 Å². The minimum absolute atomic E-state index is 0.229. The van der Waals surface area contributed by atoms with Crippen LogP contribution in [-0.2, 0) is 0 Å². The molecular formula is C13H20N6. The highest BCUT2D eigenvalue weighted by Gasteiger charge is 2.16. The standard InChI is InChI=1S/C13H20N6/c1-8(2)4-9(3)19-13(16-17-18-19)10-5-11(14)7-12(15)6-10/h5-9H,4,14-15H2,1-3H3. The molecule has 102 valence electrons. The number of benzene rings is 1. The second-order valence-electron chi connectivity index (χ2n) is 5.31. The Hall–Kier alpha value is -2.11. The monoisotopic (exact) mass is 260 g/mol. The number of nitrogens with two attached hydrogens (primary N) is 2. The largest absolute Gasteiger partial charge is 0.399 e. The quantitative estimate of drug-likeness (QED) is 0.821. The molecule has 0 aliphatic carbocycles. The van der Waals surface area contributed by atoms with E-state index in [1.54, 1.807) is 6.07 Å². The molecular weight excluding hydrogens is 240 g/mol. The lowest BCUT2D eigenvalue weighted by Crippen LogP contribution is -2.11. The summed E-state index contributed by atoms with van der Waals surface area (Å²) in [6.45, 7) is 6.47. The zero-order chi connectivity index (χ0) is 14.0. The molecule has 0 saturated heterocycles. The summed E-state index contributed by atoms with van der Waals surface area (Å²) < 4.78 is 1.83. The second-order valence-corrected chi connectivity index (χ2v) is 5.31. The van der Waals surface area contributed by atoms with Crippen LogP contribution in [0.15, 0.2) is 18.2 Å². The van der Waals surface area contributed by atoms with Crippen molar-refractivity contribution >= 4 is 11.4 Å². The van der Waals surface area contributed by atoms with E-state index in [9.17, 15) is 0 Å². The van der Waals surface area contributed by atoms with Crippen LogP contribution in [0.3, 0.4) is 0 Å². The van der Waals surface area contributed by atoms with Crippen LogP contribution in [0.4, 0.5) is 11.4 Å². The average Bonchev–Trinajstić information content (AvgIpc) is 2.75. The summed E-state index contributed by atoms with van der Waals surface area (Å²) in [5, 5.41) is 11.9. The van der Waals surface area contributed by atoms with Crippen molar-refractivity contribution in [1.82, 2.24) is 20.2 Å². The highest BCUT2D eigenvalue weighted by atomic mass is 15.5. The molecule has 0 spiro atoms. The Morgan fingerprint density at radius 2 is 1.74 bits per heavy atom. The van der Waals surface area contributed by atoms with Crippen LogP contribution in [0.5, 0.6) is 0 Å². The lowest BCUT2D eigenvalue weighted by atomic mass is 10.0. The lowest BCUT2D eigenvalue weighted by Gasteiger charge is -2.15. The van der Waals surface area contributed by atoms with Crippen molar-refractivity contribution in [1.29, 1.82) is 0 Å². The molecule has 19 heavy (non-hydrogen) atoms. The van der Waals surface area contributed by atoms with Gasteiger partial charge in [-0.25, -0.2) is 4.68 Å². The molecule has 0 fully saturated rings. The minimum Gasteiger partial charge on any atom is -0.399 e. The fourth-order valence-corrected chi connectivity index (χ4v) is 2.27. The molecule has 0 radical (unpaired) electrons. The first-order chi connectivity index (χ1) is 8.97. The first-order valence-corrected chi connectivity index (χ1v) is 6.41. The van der Waals surface area contributed by atoms with Gasteiger partial charge >= 0.3 is 0 Å². The molecule has 0 saturated carbocycles. The summed E-state index contributed by atoms with van der Waals surface area (Å²) in [5.41, 5.74) is 13.7. The van der Waals surface area contributed by atoms with Gasteiger partial charge in [-0.3, -0.25) is 0 Å². The van der Waals surface area contributed by atoms with E-state index in [1.807, 2.05) is 16.8 Å². The van der Waals surface area contributed by atoms with E-state index in [0.717, 1.165) is 12.0 Å². The molecule has 2 aromatic rings. The number of hydrogen-bond acceptors (Lipinski definition) is 5. The van der Waals surface area contributed by atoms with E-state index in [2.05, 4.69) is 36.3 Å². The van der Waals surface area contributed by atoms with Gasteiger partial charge in [-0.1, -0.05) is 13.8 Å². The van der Waals surface area contributed by atoms with Crippen LogP contribution in [0.1, 0.15) is 33.2 Å². The van der Waals surface area contributed by atoms with Crippen LogP contribution >= 0.6 is 0 Å². The molecule has 0 aliphatic heterocycles. The Kier molecular flexibility index (Phi) is 3.69. The Morgan fingerprint density at radius 3 is 2.32 bits per heavy atom. The number of tetrazole rings is 1. The van der Waals surface area contributed by atoms with Gasteiger partial charge in [0.05, 0.1) is 6.04 Å². The average molecular weight is 260 g/mol. The molecule has 1 unspecified atom stereocenters. The van der Waals surface area contributed by atoms with E-state index in [4.69, 9.17) is 11.5 Å². The first-order valence-electron chi connectivity index (χ1n) is 6.41. The van der Waals surface area contributed by atoms with Gasteiger partial charge in [0, 0.05) is 16.9 Å². The lowest BCUT2D eigenvalue weighted by molar-refractivity contribution is 0.394. The van der Waals surface area contributed by atoms with Crippen molar-refractivity contribution in [3.8, 4) is 11.4 Å². The van der Waals surface area contributed by atoms with Gasteiger partial charge in [0.1, 0.15) is 0 Å². The maximum atomic E-state index is 5.81. The van der Waals surface area contributed by atoms with Gasteiger partial charge in [0.25, 0.3) is 0 Å². The Balaban J connectivity index is 2.38. The molecule has 1 aromatic heterocycles. The Morgan fingerprint density at radius 1 is 1.11 bits per heavy atom. The third-order valence-corrected chi connectivity index (χ3v) is 2.96. The smallest absolute Gasteiger partial charge is 0.182 e. The van der Waals surface area contributed by atoms with E-state index >= 15 is 0 Å². The molecule has 6 heteroatoms. The van der Waals surface area contributed by atoms with Crippen molar-refractivity contribution in [3.63, 3.8) is 0 Å². The van der Waals surface area contributed by atoms with Gasteiger partial charge in [0.15, 0.2) is 5.82 Å². The molecule has 0 amide bonds. The van der Waals surface area contributed by atoms with E-state index < -0.39 is 0 Å². The third kappa shape index (κ3) is 3.01. The Bertz CT molecular complexity index is 540. The first kappa shape index (κ1) is 13.3. The predicted molar refractivity (Wildman–Crippen MR) is 76.2 cm³/mol. The second kappa shape index (κ2) is 5.26. The molecule has 1 atom stereocenters. The van der Waals surface area contributed by atoms with Gasteiger partial charge in [-0.15, -0.1) is 5.10 Å². The van der Waals surface area contributed by atoms with Gasteiger partial charge in [0.2, 0.25) is 0 Å². The van der Waals surface area contributed by atoms with Crippen LogP contribution < -0.4 is 11.5 Å². The summed E-state index contributed by atoms with van der Waals surface area (Å²) in [6.07, 6.45) is 1.01. The van der Waals surface area contributed by atoms with E-state index in [1.165, 1.54) is 0 Å². The summed E-state index contributed by atoms with van der Waals surface area (Å²) in [5.74, 6) is 1.28. The highest BCUT2D eigenvalue weighted by molar-refractivity contribution is 5.67. The zero-order valence-electron chi connectivity index (χ0n) is 11.5. The van der Waals surface area contributed by atoms with Gasteiger partial charge in [-0.2, -0.15) is 0 Å². The summed E-state index contributed by atoms with van der Waals surface area (Å²) in [6, 6.07) is 5.61. The number of rotatable bonds is 4. The topological polar surface area (TPSA) is 95.6 Å². The Labute approximate surface area is 112 Å². The predicted octanol–water partition coefficient (Wildman–Crippen LogP) is 2.11. The summed E-state index contributed by atoms with van der Waals surface area (Å²) in [7, 11) is 0. The zero-order valence-corrected chi connectivity index (χ0v) is 11.5. The number of nitrogens with zero attached hydrogens (tertiary/aromatic N) is 4. The van der Waals surface area contributed by atoms with E-state index in [-0.39, 0.29) is 6.04 Å². The molecule has 2 rings (SSSR count). The van der Waals surface area contributed by atoms with Crippen molar-refractivity contribution in [2.45, 2.75) is 33.2 Å². The summed E-state index contributed by atoms with van der Waals surface area (Å²) >= 11 is 0. The molecule has 6 nitrogen and oxygen atoms in total. The fourth-order valence-electron chi connectivity index (χ4n) is 2.27. The van der Waals surface area contributed by atoms with Crippen molar-refractivity contribution in [2.75, 3.05) is 11.5 Å². The number of anilines is 2. The van der Waals surface area contributed by atoms with Crippen molar-refractivity contribution in [3.05, 3.63) is 18.2 Å². The maximum Gasteiger partial charge on any atom is 0.182 e. The van der Waals surface area contributed by atoms with Crippen LogP contribution in [0.2, 0.25) is 0 Å². The van der Waals surface area contributed by atoms with Crippen LogP contribution in [0.25, 0.3) is 11.4 Å². The molecule has 0 bridgehead atoms. The highest BCUT2D eigenvalue weighted by Crippen LogP contribution is 2.26. The fraction of sp³-hybridized carbons (Fsp3) is 0.462. The SMILES string of the molecule is CC(C)CC(C)n1nnnc1-c1cc(N)cc(N)c1.